The Bertz CT molecular complexity index is 81.0. The van der Waals surface area contributed by atoms with E-state index in [1.165, 1.54) is 0 Å². The molecule has 0 unspecified atom stereocenters. The van der Waals surface area contributed by atoms with E-state index in [0.717, 1.165) is 6.42 Å². The van der Waals surface area contributed by atoms with Gasteiger partial charge in [0, 0.05) is 0 Å². The third-order valence-electron chi connectivity index (χ3n) is 0.460. The predicted molar refractivity (Wildman–Crippen MR) is 62.9 cm³/mol. The molecular formula is C5H8Br2Cl4. The van der Waals surface area contributed by atoms with Crippen molar-refractivity contribution in [3.05, 3.63) is 0 Å². The van der Waals surface area contributed by atoms with Gasteiger partial charge in [0.05, 0.1) is 9.62 Å². The highest BCUT2D eigenvalue weighted by Gasteiger charge is 2.16. The molecule has 6 heteroatoms. The maximum Gasteiger partial charge on any atom is 0.203 e. The van der Waals surface area contributed by atoms with E-state index in [9.17, 15) is 0 Å². The molecule has 0 aromatic heterocycles. The number of hydrogen-bond donors (Lipinski definition) is 0. The van der Waals surface area contributed by atoms with Gasteiger partial charge in [-0.2, -0.15) is 0 Å². The van der Waals surface area contributed by atoms with Crippen LogP contribution in [0.5, 0.6) is 0 Å². The van der Waals surface area contributed by atoms with Crippen molar-refractivity contribution in [2.45, 2.75) is 20.9 Å². The predicted octanol–water partition coefficient (Wildman–Crippen LogP) is 5.11. The molecule has 0 spiro atoms. The molecule has 0 atom stereocenters. The minimum absolute atomic E-state index is 0.0394. The van der Waals surface area contributed by atoms with Crippen molar-refractivity contribution in [2.24, 2.45) is 0 Å². The molecule has 0 radical (unpaired) electrons. The smallest absolute Gasteiger partial charge is 0.122 e. The number of alkyl halides is 6. The fourth-order valence-corrected chi connectivity index (χ4v) is 0. The molecule has 0 fully saturated rings. The number of hydrogen-bond acceptors (Lipinski definition) is 0. The van der Waals surface area contributed by atoms with E-state index in [1.807, 2.05) is 0 Å². The zero-order chi connectivity index (χ0) is 9.49. The second kappa shape index (κ2) is 8.71. The molecule has 11 heavy (non-hydrogen) atoms. The molecule has 0 saturated carbocycles. The van der Waals surface area contributed by atoms with Crippen LogP contribution in [0.15, 0.2) is 0 Å². The Morgan fingerprint density at radius 2 is 1.45 bits per heavy atom. The van der Waals surface area contributed by atoms with Crippen molar-refractivity contribution in [1.29, 1.82) is 0 Å². The summed E-state index contributed by atoms with van der Waals surface area (Å²) in [6, 6.07) is 0. The van der Waals surface area contributed by atoms with Crippen molar-refractivity contribution in [1.82, 2.24) is 0 Å². The lowest BCUT2D eigenvalue weighted by atomic mass is 10.6. The molecule has 0 amide bonds. The van der Waals surface area contributed by atoms with Crippen LogP contribution in [0.1, 0.15) is 13.3 Å². The van der Waals surface area contributed by atoms with Gasteiger partial charge in [0.1, 0.15) is 0 Å². The van der Waals surface area contributed by atoms with Crippen LogP contribution in [0.25, 0.3) is 0 Å². The van der Waals surface area contributed by atoms with Crippen LogP contribution in [0.3, 0.4) is 0 Å². The van der Waals surface area contributed by atoms with Crippen molar-refractivity contribution < 1.29 is 0 Å². The van der Waals surface area contributed by atoms with E-state index in [1.54, 1.807) is 0 Å². The average molecular weight is 370 g/mol. The molecule has 0 saturated heterocycles. The van der Waals surface area contributed by atoms with Gasteiger partial charge in [-0.3, -0.25) is 0 Å². The molecule has 0 bridgehead atoms. The van der Waals surface area contributed by atoms with Gasteiger partial charge in [0.2, 0.25) is 3.79 Å². The monoisotopic (exact) mass is 366 g/mol. The van der Waals surface area contributed by atoms with Crippen molar-refractivity contribution in [3.8, 4) is 0 Å². The second-order valence-corrected chi connectivity index (χ2v) is 7.77. The maximum atomic E-state index is 5.12. The minimum Gasteiger partial charge on any atom is -0.122 e. The minimum atomic E-state index is -1.28. The Hall–Kier alpha value is 2.12. The summed E-state index contributed by atoms with van der Waals surface area (Å²) in [5, 5.41) is 0. The Morgan fingerprint density at radius 1 is 1.27 bits per heavy atom. The van der Waals surface area contributed by atoms with Crippen LogP contribution >= 0.6 is 78.3 Å². The molecule has 70 valence electrons. The van der Waals surface area contributed by atoms with Gasteiger partial charge in [0.15, 0.2) is 0 Å². The molecule has 0 rings (SSSR count). The van der Waals surface area contributed by atoms with Crippen LogP contribution in [-0.2, 0) is 0 Å². The van der Waals surface area contributed by atoms with Gasteiger partial charge in [-0.1, -0.05) is 73.6 Å². The third kappa shape index (κ3) is 24.5. The summed E-state index contributed by atoms with van der Waals surface area (Å²) < 4.78 is -0.767. The van der Waals surface area contributed by atoms with Gasteiger partial charge in [-0.25, -0.2) is 0 Å². The fraction of sp³-hybridized carbons (Fsp3) is 1.00. The van der Waals surface area contributed by atoms with Crippen LogP contribution < -0.4 is 0 Å². The van der Waals surface area contributed by atoms with Gasteiger partial charge in [-0.15, -0.1) is 11.6 Å². The standard InChI is InChI=1S/C3H6Br2.C2H2Cl4/c1-2-3(4)5;3-1-2(4,5)6/h3H,2H2,1H3;1H2. The molecule has 0 nitrogen and oxygen atoms in total. The van der Waals surface area contributed by atoms with E-state index in [0.29, 0.717) is 3.74 Å². The topological polar surface area (TPSA) is 0 Å². The zero-order valence-electron chi connectivity index (χ0n) is 5.76. The first-order chi connectivity index (χ1) is 4.83. The molecule has 0 aliphatic heterocycles. The van der Waals surface area contributed by atoms with Crippen molar-refractivity contribution in [3.63, 3.8) is 0 Å². The lowest BCUT2D eigenvalue weighted by Gasteiger charge is -2.00. The van der Waals surface area contributed by atoms with Gasteiger partial charge < -0.3 is 0 Å². The Balaban J connectivity index is 0. The first kappa shape index (κ1) is 15.6. The van der Waals surface area contributed by atoms with Crippen LogP contribution in [-0.4, -0.2) is 13.4 Å². The molecule has 0 aliphatic rings. The van der Waals surface area contributed by atoms with Crippen LogP contribution in [0, 0.1) is 0 Å². The SMILES string of the molecule is CCC(Br)Br.ClCC(Cl)(Cl)Cl. The summed E-state index contributed by atoms with van der Waals surface area (Å²) in [5.74, 6) is 0.0394. The first-order valence-corrected chi connectivity index (χ1v) is 6.24. The molecule has 0 aromatic rings. The van der Waals surface area contributed by atoms with Crippen molar-refractivity contribution in [2.75, 3.05) is 5.88 Å². The Morgan fingerprint density at radius 3 is 1.45 bits per heavy atom. The summed E-state index contributed by atoms with van der Waals surface area (Å²) >= 11 is 27.0. The highest BCUT2D eigenvalue weighted by atomic mass is 79.9. The Kier molecular flexibility index (Phi) is 12.3. The van der Waals surface area contributed by atoms with Gasteiger partial charge >= 0.3 is 0 Å². The lowest BCUT2D eigenvalue weighted by molar-refractivity contribution is 1.08. The summed E-state index contributed by atoms with van der Waals surface area (Å²) in [6.45, 7) is 2.11. The number of halogens is 6. The maximum absolute atomic E-state index is 5.12. The van der Waals surface area contributed by atoms with Crippen molar-refractivity contribution >= 4 is 78.3 Å². The quantitative estimate of drug-likeness (QED) is 0.564. The molecule has 0 aliphatic carbocycles. The summed E-state index contributed by atoms with van der Waals surface area (Å²) in [7, 11) is 0. The van der Waals surface area contributed by atoms with Crippen LogP contribution in [0.4, 0.5) is 0 Å². The van der Waals surface area contributed by atoms with E-state index in [4.69, 9.17) is 46.4 Å². The Labute approximate surface area is 104 Å². The van der Waals surface area contributed by atoms with E-state index in [2.05, 4.69) is 38.8 Å². The molecule has 0 heterocycles. The summed E-state index contributed by atoms with van der Waals surface area (Å²) in [6.07, 6.45) is 1.14. The normalized spacial score (nSPS) is 10.9. The third-order valence-corrected chi connectivity index (χ3v) is 2.97. The van der Waals surface area contributed by atoms with E-state index < -0.39 is 3.79 Å². The summed E-state index contributed by atoms with van der Waals surface area (Å²) in [4.78, 5) is 0. The molecule has 0 aromatic carbocycles. The highest BCUT2D eigenvalue weighted by molar-refractivity contribution is 9.24. The average Bonchev–Trinajstić information content (AvgIpc) is 1.88. The van der Waals surface area contributed by atoms with Gasteiger partial charge in [0.25, 0.3) is 0 Å². The van der Waals surface area contributed by atoms with Gasteiger partial charge in [-0.05, 0) is 6.42 Å². The molecular weight excluding hydrogens is 362 g/mol. The number of rotatable bonds is 1. The first-order valence-electron chi connectivity index (χ1n) is 2.74. The second-order valence-electron chi connectivity index (χ2n) is 1.55. The van der Waals surface area contributed by atoms with E-state index in [-0.39, 0.29) is 5.88 Å². The van der Waals surface area contributed by atoms with Crippen LogP contribution in [0.2, 0.25) is 0 Å². The summed E-state index contributed by atoms with van der Waals surface area (Å²) in [5.41, 5.74) is 0. The highest BCUT2D eigenvalue weighted by Crippen LogP contribution is 2.26. The fourth-order valence-electron chi connectivity index (χ4n) is 0. The largest absolute Gasteiger partial charge is 0.203 e. The zero-order valence-corrected chi connectivity index (χ0v) is 12.0. The molecule has 0 N–H and O–H groups in total. The van der Waals surface area contributed by atoms with E-state index >= 15 is 0 Å². The lowest BCUT2D eigenvalue weighted by Crippen LogP contribution is -2.01.